The second-order valence-corrected chi connectivity index (χ2v) is 5.56. The zero-order chi connectivity index (χ0) is 13.2. The van der Waals surface area contributed by atoms with Crippen LogP contribution in [0, 0.1) is 0 Å². The minimum absolute atomic E-state index is 0.270. The predicted octanol–water partition coefficient (Wildman–Crippen LogP) is 4.11. The van der Waals surface area contributed by atoms with E-state index in [0.29, 0.717) is 6.54 Å². The van der Waals surface area contributed by atoms with Crippen LogP contribution in [0.5, 0.6) is 0 Å². The van der Waals surface area contributed by atoms with E-state index in [2.05, 4.69) is 28.3 Å². The number of nitrogens with one attached hydrogen (secondary N) is 1. The van der Waals surface area contributed by atoms with Gasteiger partial charge in [0.15, 0.2) is 0 Å². The molecule has 3 rings (SSSR count). The summed E-state index contributed by atoms with van der Waals surface area (Å²) >= 11 is 7.62. The first-order chi connectivity index (χ1) is 9.26. The van der Waals surface area contributed by atoms with E-state index >= 15 is 0 Å². The van der Waals surface area contributed by atoms with E-state index in [0.717, 1.165) is 28.0 Å². The zero-order valence-electron chi connectivity index (χ0n) is 10.3. The molecule has 1 N–H and O–H groups in total. The van der Waals surface area contributed by atoms with Crippen molar-refractivity contribution >= 4 is 39.0 Å². The topological polar surface area (TPSA) is 51.0 Å². The average Bonchev–Trinajstić information content (AvgIpc) is 3.04. The number of hydrogen-bond donors (Lipinski definition) is 1. The number of aromatic nitrogens is 2. The van der Waals surface area contributed by atoms with Crippen molar-refractivity contribution in [3.8, 4) is 0 Å². The lowest BCUT2D eigenvalue weighted by Crippen LogP contribution is -2.01. The van der Waals surface area contributed by atoms with E-state index in [1.54, 1.807) is 23.9 Å². The first kappa shape index (κ1) is 12.4. The molecule has 0 aliphatic heterocycles. The molecule has 4 nitrogen and oxygen atoms in total. The number of fused-ring (bicyclic) bond motifs is 1. The number of furan rings is 1. The molecule has 0 aliphatic rings. The molecule has 3 aromatic rings. The fourth-order valence-electron chi connectivity index (χ4n) is 1.83. The lowest BCUT2D eigenvalue weighted by molar-refractivity contribution is 0.564. The summed E-state index contributed by atoms with van der Waals surface area (Å²) in [6.07, 6.45) is 4.34. The summed E-state index contributed by atoms with van der Waals surface area (Å²) < 4.78 is 5.04. The third kappa shape index (κ3) is 2.57. The summed E-state index contributed by atoms with van der Waals surface area (Å²) in [5, 5.41) is 4.57. The highest BCUT2D eigenvalue weighted by molar-refractivity contribution is 7.18. The maximum Gasteiger partial charge on any atom is 0.225 e. The van der Waals surface area contributed by atoms with E-state index < -0.39 is 0 Å². The summed E-state index contributed by atoms with van der Waals surface area (Å²) in [5.74, 6) is 0.771. The lowest BCUT2D eigenvalue weighted by Gasteiger charge is -2.05. The Labute approximate surface area is 119 Å². The number of anilines is 1. The normalized spacial score (nSPS) is 11.1. The van der Waals surface area contributed by atoms with Crippen LogP contribution in [0.25, 0.3) is 10.2 Å². The van der Waals surface area contributed by atoms with E-state index in [-0.39, 0.29) is 5.28 Å². The molecule has 0 aliphatic carbocycles. The third-order valence-corrected chi connectivity index (χ3v) is 4.15. The first-order valence-corrected chi connectivity index (χ1v) is 7.16. The molecule has 0 spiro atoms. The van der Waals surface area contributed by atoms with Gasteiger partial charge in [0, 0.05) is 17.0 Å². The van der Waals surface area contributed by atoms with Crippen molar-refractivity contribution in [1.82, 2.24) is 9.97 Å². The molecule has 0 amide bonds. The summed E-state index contributed by atoms with van der Waals surface area (Å²) in [6.45, 7) is 2.77. The summed E-state index contributed by atoms with van der Waals surface area (Å²) in [5.41, 5.74) is 1.06. The van der Waals surface area contributed by atoms with Crippen molar-refractivity contribution in [1.29, 1.82) is 0 Å². The van der Waals surface area contributed by atoms with E-state index in [1.165, 1.54) is 4.88 Å². The van der Waals surface area contributed by atoms with Crippen molar-refractivity contribution in [2.75, 3.05) is 5.32 Å². The van der Waals surface area contributed by atoms with Gasteiger partial charge in [-0.25, -0.2) is 9.97 Å². The number of rotatable bonds is 4. The molecule has 0 bridgehead atoms. The predicted molar refractivity (Wildman–Crippen MR) is 77.8 cm³/mol. The van der Waals surface area contributed by atoms with Crippen LogP contribution in [0.2, 0.25) is 5.28 Å². The Morgan fingerprint density at radius 3 is 3.05 bits per heavy atom. The van der Waals surface area contributed by atoms with Crippen LogP contribution >= 0.6 is 22.9 Å². The van der Waals surface area contributed by atoms with Crippen molar-refractivity contribution < 1.29 is 4.42 Å². The Bertz CT molecular complexity index is 693. The average molecular weight is 294 g/mol. The fraction of sp³-hybridized carbons (Fsp3) is 0.231. The van der Waals surface area contributed by atoms with Crippen molar-refractivity contribution in [2.45, 2.75) is 19.9 Å². The Kier molecular flexibility index (Phi) is 3.40. The third-order valence-electron chi connectivity index (χ3n) is 2.81. The highest BCUT2D eigenvalue weighted by atomic mass is 35.5. The molecule has 0 saturated carbocycles. The Morgan fingerprint density at radius 2 is 2.32 bits per heavy atom. The molecule has 19 heavy (non-hydrogen) atoms. The van der Waals surface area contributed by atoms with Gasteiger partial charge in [-0.15, -0.1) is 11.3 Å². The molecule has 0 atom stereocenters. The van der Waals surface area contributed by atoms with Gasteiger partial charge in [0.2, 0.25) is 5.28 Å². The Morgan fingerprint density at radius 1 is 1.42 bits per heavy atom. The second kappa shape index (κ2) is 5.19. The van der Waals surface area contributed by atoms with E-state index in [1.807, 2.05) is 6.07 Å². The standard InChI is InChI=1S/C13H12ClN3OS/c1-2-9-5-10-11(15-6-8-3-4-18-7-8)16-13(14)17-12(10)19-9/h3-5,7H,2,6H2,1H3,(H,15,16,17). The number of nitrogens with zero attached hydrogens (tertiary/aromatic N) is 2. The zero-order valence-corrected chi connectivity index (χ0v) is 11.9. The van der Waals surface area contributed by atoms with E-state index in [9.17, 15) is 0 Å². The molecular weight excluding hydrogens is 282 g/mol. The molecule has 0 radical (unpaired) electrons. The van der Waals surface area contributed by atoms with Crippen LogP contribution in [-0.2, 0) is 13.0 Å². The first-order valence-electron chi connectivity index (χ1n) is 5.97. The summed E-state index contributed by atoms with van der Waals surface area (Å²) in [6, 6.07) is 4.03. The Balaban J connectivity index is 1.94. The molecular formula is C13H12ClN3OS. The maximum atomic E-state index is 5.96. The molecule has 0 saturated heterocycles. The van der Waals surface area contributed by atoms with Crippen molar-refractivity contribution in [3.63, 3.8) is 0 Å². The molecule has 3 aromatic heterocycles. The van der Waals surface area contributed by atoms with Gasteiger partial charge in [0.05, 0.1) is 17.9 Å². The lowest BCUT2D eigenvalue weighted by atomic mass is 10.3. The number of halogens is 1. The molecule has 0 unspecified atom stereocenters. The summed E-state index contributed by atoms with van der Waals surface area (Å²) in [4.78, 5) is 10.7. The Hall–Kier alpha value is -1.59. The van der Waals surface area contributed by atoms with Gasteiger partial charge in [0.1, 0.15) is 10.6 Å². The smallest absolute Gasteiger partial charge is 0.225 e. The van der Waals surface area contributed by atoms with Crippen molar-refractivity contribution in [2.24, 2.45) is 0 Å². The molecule has 98 valence electrons. The van der Waals surface area contributed by atoms with Crippen molar-refractivity contribution in [3.05, 3.63) is 40.4 Å². The van der Waals surface area contributed by atoms with Gasteiger partial charge in [-0.3, -0.25) is 0 Å². The van der Waals surface area contributed by atoms with Gasteiger partial charge in [-0.05, 0) is 30.2 Å². The SMILES string of the molecule is CCc1cc2c(NCc3ccoc3)nc(Cl)nc2s1. The van der Waals surface area contributed by atoms with Gasteiger partial charge in [0.25, 0.3) is 0 Å². The molecule has 0 aromatic carbocycles. The fourth-order valence-corrected chi connectivity index (χ4v) is 3.02. The molecule has 3 heterocycles. The van der Waals surface area contributed by atoms with Gasteiger partial charge >= 0.3 is 0 Å². The van der Waals surface area contributed by atoms with Crippen LogP contribution in [0.3, 0.4) is 0 Å². The largest absolute Gasteiger partial charge is 0.472 e. The number of thiophene rings is 1. The van der Waals surface area contributed by atoms with Gasteiger partial charge in [-0.2, -0.15) is 0 Å². The molecule has 6 heteroatoms. The van der Waals surface area contributed by atoms with Crippen LogP contribution in [0.4, 0.5) is 5.82 Å². The second-order valence-electron chi connectivity index (χ2n) is 4.11. The minimum Gasteiger partial charge on any atom is -0.472 e. The van der Waals surface area contributed by atoms with Crippen LogP contribution < -0.4 is 5.32 Å². The molecule has 0 fully saturated rings. The maximum absolute atomic E-state index is 5.96. The highest BCUT2D eigenvalue weighted by Gasteiger charge is 2.10. The minimum atomic E-state index is 0.270. The van der Waals surface area contributed by atoms with Crippen LogP contribution in [-0.4, -0.2) is 9.97 Å². The van der Waals surface area contributed by atoms with Crippen LogP contribution in [0.15, 0.2) is 29.1 Å². The van der Waals surface area contributed by atoms with Gasteiger partial charge in [-0.1, -0.05) is 6.92 Å². The quantitative estimate of drug-likeness (QED) is 0.735. The highest BCUT2D eigenvalue weighted by Crippen LogP contribution is 2.30. The summed E-state index contributed by atoms with van der Waals surface area (Å²) in [7, 11) is 0. The number of hydrogen-bond acceptors (Lipinski definition) is 5. The van der Waals surface area contributed by atoms with Gasteiger partial charge < -0.3 is 9.73 Å². The number of aryl methyl sites for hydroxylation is 1. The monoisotopic (exact) mass is 293 g/mol. The van der Waals surface area contributed by atoms with Crippen LogP contribution in [0.1, 0.15) is 17.4 Å². The van der Waals surface area contributed by atoms with E-state index in [4.69, 9.17) is 16.0 Å².